The highest BCUT2D eigenvalue weighted by Gasteiger charge is 2.02. The normalized spacial score (nSPS) is 9.50. The number of hydrogen-bond acceptors (Lipinski definition) is 2. The Morgan fingerprint density at radius 1 is 1.50 bits per heavy atom. The van der Waals surface area contributed by atoms with Crippen molar-refractivity contribution < 1.29 is 4.79 Å². The first-order valence-corrected chi connectivity index (χ1v) is 3.72. The first kappa shape index (κ1) is 9.43. The second-order valence-electron chi connectivity index (χ2n) is 2.21. The molecule has 0 fully saturated rings. The van der Waals surface area contributed by atoms with Crippen LogP contribution >= 0.6 is 0 Å². The molecule has 0 rings (SSSR count). The van der Waals surface area contributed by atoms with E-state index >= 15 is 0 Å². The Hall–Kier alpha value is -0.570. The van der Waals surface area contributed by atoms with Crippen molar-refractivity contribution in [2.24, 2.45) is 0 Å². The molecule has 1 amide bonds. The van der Waals surface area contributed by atoms with Gasteiger partial charge >= 0.3 is 0 Å². The van der Waals surface area contributed by atoms with Crippen LogP contribution in [0.5, 0.6) is 0 Å². The van der Waals surface area contributed by atoms with E-state index in [0.29, 0.717) is 6.42 Å². The monoisotopic (exact) mass is 144 g/mol. The van der Waals surface area contributed by atoms with E-state index in [-0.39, 0.29) is 5.91 Å². The van der Waals surface area contributed by atoms with Crippen molar-refractivity contribution in [1.82, 2.24) is 10.4 Å². The van der Waals surface area contributed by atoms with Crippen LogP contribution in [0.4, 0.5) is 0 Å². The highest BCUT2D eigenvalue weighted by Crippen LogP contribution is 1.84. The average Bonchev–Trinajstić information content (AvgIpc) is 1.98. The van der Waals surface area contributed by atoms with Crippen molar-refractivity contribution in [1.29, 1.82) is 0 Å². The molecule has 0 spiro atoms. The maximum atomic E-state index is 10.9. The fraction of sp³-hybridized carbons (Fsp3) is 0.857. The lowest BCUT2D eigenvalue weighted by Crippen LogP contribution is -2.39. The molecular formula is C7H16N2O. The summed E-state index contributed by atoms with van der Waals surface area (Å²) < 4.78 is 0. The molecule has 0 aliphatic carbocycles. The van der Waals surface area contributed by atoms with E-state index in [2.05, 4.69) is 12.3 Å². The lowest BCUT2D eigenvalue weighted by atomic mass is 10.4. The molecule has 0 bridgehead atoms. The van der Waals surface area contributed by atoms with Gasteiger partial charge in [-0.1, -0.05) is 13.8 Å². The van der Waals surface area contributed by atoms with E-state index in [0.717, 1.165) is 13.0 Å². The molecule has 0 aromatic carbocycles. The fourth-order valence-corrected chi connectivity index (χ4v) is 0.605. The van der Waals surface area contributed by atoms with Crippen LogP contribution in [0.3, 0.4) is 0 Å². The predicted molar refractivity (Wildman–Crippen MR) is 41.4 cm³/mol. The Bertz CT molecular complexity index is 104. The molecule has 0 aliphatic rings. The Kier molecular flexibility index (Phi) is 4.94. The molecule has 3 nitrogen and oxygen atoms in total. The smallest absolute Gasteiger partial charge is 0.236 e. The Morgan fingerprint density at radius 3 is 2.50 bits per heavy atom. The Balaban J connectivity index is 3.41. The molecule has 60 valence electrons. The van der Waals surface area contributed by atoms with Gasteiger partial charge in [0, 0.05) is 20.0 Å². The van der Waals surface area contributed by atoms with Gasteiger partial charge in [0.25, 0.3) is 0 Å². The van der Waals surface area contributed by atoms with E-state index < -0.39 is 0 Å². The predicted octanol–water partition coefficient (Wildman–Crippen LogP) is 0.769. The number of carbonyl (C=O) groups excluding carboxylic acids is 1. The largest absolute Gasteiger partial charge is 0.281 e. The summed E-state index contributed by atoms with van der Waals surface area (Å²) in [6.45, 7) is 4.78. The third kappa shape index (κ3) is 3.45. The maximum absolute atomic E-state index is 10.9. The summed E-state index contributed by atoms with van der Waals surface area (Å²) in [4.78, 5) is 10.9. The van der Waals surface area contributed by atoms with Crippen LogP contribution in [-0.4, -0.2) is 24.5 Å². The van der Waals surface area contributed by atoms with E-state index in [1.54, 1.807) is 12.1 Å². The summed E-state index contributed by atoms with van der Waals surface area (Å²) in [5, 5.41) is 1.55. The van der Waals surface area contributed by atoms with Crippen LogP contribution in [0.15, 0.2) is 0 Å². The number of carbonyl (C=O) groups is 1. The summed E-state index contributed by atoms with van der Waals surface area (Å²) >= 11 is 0. The highest BCUT2D eigenvalue weighted by molar-refractivity contribution is 5.74. The zero-order valence-corrected chi connectivity index (χ0v) is 6.98. The third-order valence-electron chi connectivity index (χ3n) is 1.28. The van der Waals surface area contributed by atoms with Crippen molar-refractivity contribution in [2.75, 3.05) is 13.6 Å². The number of hydrazine groups is 1. The van der Waals surface area contributed by atoms with Gasteiger partial charge in [-0.05, 0) is 6.42 Å². The summed E-state index contributed by atoms with van der Waals surface area (Å²) in [5.74, 6) is 0.133. The number of amides is 1. The van der Waals surface area contributed by atoms with Gasteiger partial charge in [0.2, 0.25) is 5.91 Å². The van der Waals surface area contributed by atoms with Gasteiger partial charge in [-0.3, -0.25) is 9.80 Å². The van der Waals surface area contributed by atoms with Gasteiger partial charge in [0.1, 0.15) is 0 Å². The lowest BCUT2D eigenvalue weighted by molar-refractivity contribution is -0.132. The van der Waals surface area contributed by atoms with Crippen molar-refractivity contribution >= 4 is 5.91 Å². The highest BCUT2D eigenvalue weighted by atomic mass is 16.2. The van der Waals surface area contributed by atoms with Crippen LogP contribution in [0, 0.1) is 0 Å². The number of hydrogen-bond donors (Lipinski definition) is 1. The van der Waals surface area contributed by atoms with Crippen LogP contribution in [0.25, 0.3) is 0 Å². The quantitative estimate of drug-likeness (QED) is 0.591. The molecule has 0 saturated heterocycles. The van der Waals surface area contributed by atoms with Gasteiger partial charge in [0.05, 0.1) is 0 Å². The molecule has 0 saturated carbocycles. The number of nitrogens with zero attached hydrogens (tertiary/aromatic N) is 1. The fourth-order valence-electron chi connectivity index (χ4n) is 0.605. The number of rotatable bonds is 4. The SMILES string of the molecule is CCCNN(C)C(=O)CC. The molecule has 10 heavy (non-hydrogen) atoms. The molecule has 0 aromatic heterocycles. The van der Waals surface area contributed by atoms with Gasteiger partial charge < -0.3 is 0 Å². The van der Waals surface area contributed by atoms with E-state index in [4.69, 9.17) is 0 Å². The zero-order chi connectivity index (χ0) is 7.98. The van der Waals surface area contributed by atoms with Crippen molar-refractivity contribution in [3.63, 3.8) is 0 Å². The van der Waals surface area contributed by atoms with Gasteiger partial charge in [0.15, 0.2) is 0 Å². The summed E-state index contributed by atoms with van der Waals surface area (Å²) in [7, 11) is 1.75. The minimum atomic E-state index is 0.133. The number of nitrogens with one attached hydrogen (secondary N) is 1. The third-order valence-corrected chi connectivity index (χ3v) is 1.28. The molecule has 0 atom stereocenters. The molecule has 3 heteroatoms. The van der Waals surface area contributed by atoms with Gasteiger partial charge in [-0.15, -0.1) is 0 Å². The van der Waals surface area contributed by atoms with Crippen LogP contribution in [-0.2, 0) is 4.79 Å². The first-order chi connectivity index (χ1) is 4.72. The molecular weight excluding hydrogens is 128 g/mol. The molecule has 0 aromatic rings. The standard InChI is InChI=1S/C7H16N2O/c1-4-6-8-9(3)7(10)5-2/h8H,4-6H2,1-3H3. The first-order valence-electron chi connectivity index (χ1n) is 3.72. The summed E-state index contributed by atoms with van der Waals surface area (Å²) in [6.07, 6.45) is 1.61. The molecule has 1 N–H and O–H groups in total. The molecule has 0 aliphatic heterocycles. The topological polar surface area (TPSA) is 32.3 Å². The molecule has 0 unspecified atom stereocenters. The Labute approximate surface area is 62.4 Å². The van der Waals surface area contributed by atoms with Crippen molar-refractivity contribution in [2.45, 2.75) is 26.7 Å². The van der Waals surface area contributed by atoms with E-state index in [1.807, 2.05) is 6.92 Å². The van der Waals surface area contributed by atoms with Crippen LogP contribution < -0.4 is 5.43 Å². The maximum Gasteiger partial charge on any atom is 0.236 e. The van der Waals surface area contributed by atoms with Crippen LogP contribution in [0.1, 0.15) is 26.7 Å². The minimum Gasteiger partial charge on any atom is -0.281 e. The van der Waals surface area contributed by atoms with Gasteiger partial charge in [-0.2, -0.15) is 0 Å². The second-order valence-corrected chi connectivity index (χ2v) is 2.21. The summed E-state index contributed by atoms with van der Waals surface area (Å²) in [5.41, 5.74) is 2.97. The van der Waals surface area contributed by atoms with Gasteiger partial charge in [-0.25, -0.2) is 5.43 Å². The van der Waals surface area contributed by atoms with E-state index in [1.165, 1.54) is 0 Å². The zero-order valence-electron chi connectivity index (χ0n) is 6.98. The second kappa shape index (κ2) is 5.23. The van der Waals surface area contributed by atoms with E-state index in [9.17, 15) is 4.79 Å². The van der Waals surface area contributed by atoms with Crippen molar-refractivity contribution in [3.8, 4) is 0 Å². The Morgan fingerprint density at radius 2 is 2.10 bits per heavy atom. The summed E-state index contributed by atoms with van der Waals surface area (Å²) in [6, 6.07) is 0. The van der Waals surface area contributed by atoms with Crippen molar-refractivity contribution in [3.05, 3.63) is 0 Å². The average molecular weight is 144 g/mol. The minimum absolute atomic E-state index is 0.133. The molecule has 0 radical (unpaired) electrons. The lowest BCUT2D eigenvalue weighted by Gasteiger charge is -2.16. The van der Waals surface area contributed by atoms with Crippen LogP contribution in [0.2, 0.25) is 0 Å². The molecule has 0 heterocycles.